The fourth-order valence-electron chi connectivity index (χ4n) is 3.32. The predicted molar refractivity (Wildman–Crippen MR) is 110 cm³/mol. The number of anilines is 1. The van der Waals surface area contributed by atoms with Crippen LogP contribution in [0.2, 0.25) is 0 Å². The van der Waals surface area contributed by atoms with E-state index in [1.807, 2.05) is 25.1 Å². The molecule has 2 aromatic carbocycles. The van der Waals surface area contributed by atoms with Crippen molar-refractivity contribution in [2.75, 3.05) is 12.4 Å². The zero-order valence-corrected chi connectivity index (χ0v) is 17.0. The Labute approximate surface area is 162 Å². The van der Waals surface area contributed by atoms with Crippen molar-refractivity contribution in [3.8, 4) is 11.5 Å². The Morgan fingerprint density at radius 3 is 2.11 bits per heavy atom. The molecule has 0 saturated carbocycles. The number of carbonyl (C=O) groups excluding carboxylic acids is 1. The van der Waals surface area contributed by atoms with Crippen LogP contribution in [0, 0.1) is 0 Å². The average Bonchev–Trinajstić information content (AvgIpc) is 2.62. The lowest BCUT2D eigenvalue weighted by Crippen LogP contribution is -2.46. The number of benzene rings is 2. The summed E-state index contributed by atoms with van der Waals surface area (Å²) in [4.78, 5) is 14.7. The van der Waals surface area contributed by atoms with Gasteiger partial charge in [-0.1, -0.05) is 18.2 Å². The molecule has 0 aromatic heterocycles. The van der Waals surface area contributed by atoms with E-state index in [2.05, 4.69) is 37.9 Å². The third-order valence-corrected chi connectivity index (χ3v) is 4.37. The molecule has 0 fully saturated rings. The third-order valence-electron chi connectivity index (χ3n) is 4.37. The number of amides is 1. The van der Waals surface area contributed by atoms with Gasteiger partial charge in [0.05, 0.1) is 7.11 Å². The molecule has 0 spiro atoms. The van der Waals surface area contributed by atoms with Crippen molar-refractivity contribution in [1.29, 1.82) is 0 Å². The first-order valence-electron chi connectivity index (χ1n) is 9.32. The van der Waals surface area contributed by atoms with E-state index in [1.165, 1.54) is 0 Å². The van der Waals surface area contributed by atoms with Gasteiger partial charge in [0.2, 0.25) is 0 Å². The van der Waals surface area contributed by atoms with Crippen LogP contribution in [0.15, 0.2) is 48.5 Å². The molecule has 1 unspecified atom stereocenters. The molecule has 5 nitrogen and oxygen atoms in total. The van der Waals surface area contributed by atoms with Crippen molar-refractivity contribution in [3.05, 3.63) is 54.1 Å². The van der Waals surface area contributed by atoms with Gasteiger partial charge in [0.15, 0.2) is 11.5 Å². The van der Waals surface area contributed by atoms with Crippen LogP contribution in [-0.4, -0.2) is 36.2 Å². The Morgan fingerprint density at radius 2 is 1.56 bits per heavy atom. The van der Waals surface area contributed by atoms with Gasteiger partial charge >= 0.3 is 0 Å². The summed E-state index contributed by atoms with van der Waals surface area (Å²) in [6.45, 7) is 10.6. The Kier molecular flexibility index (Phi) is 7.25. The van der Waals surface area contributed by atoms with Crippen molar-refractivity contribution in [3.63, 3.8) is 0 Å². The monoisotopic (exact) mass is 370 g/mol. The van der Waals surface area contributed by atoms with E-state index >= 15 is 0 Å². The maximum Gasteiger partial charge on any atom is 0.255 e. The van der Waals surface area contributed by atoms with E-state index in [1.54, 1.807) is 37.4 Å². The lowest BCUT2D eigenvalue weighted by Gasteiger charge is -2.36. The molecule has 1 amide bonds. The zero-order valence-electron chi connectivity index (χ0n) is 17.0. The maximum absolute atomic E-state index is 12.4. The number of hydrogen-bond acceptors (Lipinski definition) is 4. The highest BCUT2D eigenvalue weighted by atomic mass is 16.5. The van der Waals surface area contributed by atoms with Crippen LogP contribution in [0.5, 0.6) is 11.5 Å². The molecule has 1 atom stereocenters. The molecule has 2 rings (SSSR count). The zero-order chi connectivity index (χ0) is 20.0. The van der Waals surface area contributed by atoms with Gasteiger partial charge in [0.1, 0.15) is 6.23 Å². The van der Waals surface area contributed by atoms with Crippen LogP contribution < -0.4 is 14.8 Å². The van der Waals surface area contributed by atoms with E-state index in [4.69, 9.17) is 9.47 Å². The van der Waals surface area contributed by atoms with Crippen LogP contribution in [0.3, 0.4) is 0 Å². The molecule has 0 bridgehead atoms. The summed E-state index contributed by atoms with van der Waals surface area (Å²) in [7, 11) is 1.61. The quantitative estimate of drug-likeness (QED) is 0.679. The summed E-state index contributed by atoms with van der Waals surface area (Å²) in [6.07, 6.45) is -0.140. The minimum absolute atomic E-state index is 0.140. The Morgan fingerprint density at radius 1 is 0.926 bits per heavy atom. The van der Waals surface area contributed by atoms with Crippen molar-refractivity contribution in [2.24, 2.45) is 0 Å². The normalized spacial score (nSPS) is 12.3. The highest BCUT2D eigenvalue weighted by molar-refractivity contribution is 6.04. The fraction of sp³-hybridized carbons (Fsp3) is 0.409. The molecule has 146 valence electrons. The molecule has 0 aliphatic heterocycles. The first-order chi connectivity index (χ1) is 12.8. The third kappa shape index (κ3) is 5.47. The second kappa shape index (κ2) is 9.42. The van der Waals surface area contributed by atoms with Crippen LogP contribution in [-0.2, 0) is 0 Å². The van der Waals surface area contributed by atoms with Crippen LogP contribution in [0.25, 0.3) is 0 Å². The smallest absolute Gasteiger partial charge is 0.255 e. The van der Waals surface area contributed by atoms with Crippen LogP contribution in [0.4, 0.5) is 5.69 Å². The first kappa shape index (κ1) is 20.8. The molecule has 27 heavy (non-hydrogen) atoms. The summed E-state index contributed by atoms with van der Waals surface area (Å²) in [5.41, 5.74) is 1.27. The van der Waals surface area contributed by atoms with E-state index in [0.29, 0.717) is 34.8 Å². The SMILES string of the molecule is COc1ccc(NC(=O)c2ccccc2)cc1OC(C)N(C(C)C)C(C)C. The Hall–Kier alpha value is -2.53. The van der Waals surface area contributed by atoms with Crippen molar-refractivity contribution >= 4 is 11.6 Å². The summed E-state index contributed by atoms with van der Waals surface area (Å²) in [5.74, 6) is 1.07. The van der Waals surface area contributed by atoms with Gasteiger partial charge in [0, 0.05) is 29.4 Å². The largest absolute Gasteiger partial charge is 0.493 e. The average molecular weight is 370 g/mol. The van der Waals surface area contributed by atoms with Gasteiger partial charge in [0.25, 0.3) is 5.91 Å². The highest BCUT2D eigenvalue weighted by Crippen LogP contribution is 2.32. The lowest BCUT2D eigenvalue weighted by molar-refractivity contribution is -0.00690. The summed E-state index contributed by atoms with van der Waals surface area (Å²) in [5, 5.41) is 2.91. The van der Waals surface area contributed by atoms with Crippen molar-refractivity contribution in [2.45, 2.75) is 52.9 Å². The second-order valence-electron chi connectivity index (χ2n) is 7.04. The molecule has 0 radical (unpaired) electrons. The number of nitrogens with one attached hydrogen (secondary N) is 1. The van der Waals surface area contributed by atoms with E-state index in [0.717, 1.165) is 0 Å². The van der Waals surface area contributed by atoms with Gasteiger partial charge in [-0.25, -0.2) is 0 Å². The lowest BCUT2D eigenvalue weighted by atomic mass is 10.2. The van der Waals surface area contributed by atoms with Crippen LogP contribution in [0.1, 0.15) is 45.0 Å². The molecule has 0 aliphatic carbocycles. The highest BCUT2D eigenvalue weighted by Gasteiger charge is 2.23. The molecular formula is C22H30N2O3. The minimum atomic E-state index is -0.161. The van der Waals surface area contributed by atoms with Crippen molar-refractivity contribution < 1.29 is 14.3 Å². The van der Waals surface area contributed by atoms with Gasteiger partial charge in [-0.3, -0.25) is 9.69 Å². The number of methoxy groups -OCH3 is 1. The maximum atomic E-state index is 12.4. The van der Waals surface area contributed by atoms with E-state index < -0.39 is 0 Å². The summed E-state index contributed by atoms with van der Waals surface area (Å²) < 4.78 is 11.6. The number of nitrogens with zero attached hydrogens (tertiary/aromatic N) is 1. The molecule has 0 saturated heterocycles. The van der Waals surface area contributed by atoms with E-state index in [9.17, 15) is 4.79 Å². The fourth-order valence-corrected chi connectivity index (χ4v) is 3.32. The molecule has 1 N–H and O–H groups in total. The Balaban J connectivity index is 2.21. The Bertz CT molecular complexity index is 736. The van der Waals surface area contributed by atoms with Gasteiger partial charge in [-0.15, -0.1) is 0 Å². The number of rotatable bonds is 8. The van der Waals surface area contributed by atoms with Gasteiger partial charge < -0.3 is 14.8 Å². The topological polar surface area (TPSA) is 50.8 Å². The molecular weight excluding hydrogens is 340 g/mol. The standard InChI is InChI=1S/C22H30N2O3/c1-15(2)24(16(3)4)17(5)27-21-14-19(12-13-20(21)26-6)23-22(25)18-10-8-7-9-11-18/h7-17H,1-6H3,(H,23,25). The first-order valence-corrected chi connectivity index (χ1v) is 9.32. The number of carbonyl (C=O) groups is 1. The number of ether oxygens (including phenoxy) is 2. The minimum Gasteiger partial charge on any atom is -0.493 e. The van der Waals surface area contributed by atoms with Crippen molar-refractivity contribution in [1.82, 2.24) is 4.90 Å². The molecule has 0 aliphatic rings. The van der Waals surface area contributed by atoms with Gasteiger partial charge in [-0.05, 0) is 58.9 Å². The van der Waals surface area contributed by atoms with Gasteiger partial charge in [-0.2, -0.15) is 0 Å². The predicted octanol–water partition coefficient (Wildman–Crippen LogP) is 4.79. The molecule has 5 heteroatoms. The second-order valence-corrected chi connectivity index (χ2v) is 7.04. The molecule has 2 aromatic rings. The summed E-state index contributed by atoms with van der Waals surface area (Å²) in [6, 6.07) is 15.2. The molecule has 0 heterocycles. The van der Waals surface area contributed by atoms with Crippen LogP contribution >= 0.6 is 0 Å². The number of hydrogen-bond donors (Lipinski definition) is 1. The summed E-state index contributed by atoms with van der Waals surface area (Å²) >= 11 is 0. The van der Waals surface area contributed by atoms with E-state index in [-0.39, 0.29) is 12.1 Å².